The van der Waals surface area contributed by atoms with Crippen LogP contribution in [0, 0.1) is 6.92 Å². The van der Waals surface area contributed by atoms with Gasteiger partial charge in [-0.05, 0) is 45.2 Å². The third-order valence-corrected chi connectivity index (χ3v) is 5.76. The lowest BCUT2D eigenvalue weighted by atomic mass is 9.89. The van der Waals surface area contributed by atoms with E-state index in [1.54, 1.807) is 6.33 Å². The van der Waals surface area contributed by atoms with Crippen LogP contribution in [-0.2, 0) is 0 Å². The molecule has 2 fully saturated rings. The van der Waals surface area contributed by atoms with Crippen molar-refractivity contribution in [2.45, 2.75) is 44.7 Å². The number of H-pyrrole nitrogens is 1. The quantitative estimate of drug-likeness (QED) is 0.905. The van der Waals surface area contributed by atoms with Crippen molar-refractivity contribution in [1.29, 1.82) is 0 Å². The lowest BCUT2D eigenvalue weighted by molar-refractivity contribution is 0.0894. The monoisotopic (exact) mass is 328 g/mol. The highest BCUT2D eigenvalue weighted by molar-refractivity contribution is 5.90. The van der Waals surface area contributed by atoms with E-state index in [1.807, 2.05) is 6.20 Å². The van der Waals surface area contributed by atoms with Crippen LogP contribution in [-0.4, -0.2) is 70.1 Å². The SMILES string of the molecule is Cc1c[nH]c2ncnc(N[C@H]3CC[C@@H](N4CCN(C)CC4)CC3)c12. The molecule has 3 heterocycles. The number of aromatic amines is 1. The Morgan fingerprint density at radius 1 is 1.08 bits per heavy atom. The minimum atomic E-state index is 0.529. The topological polar surface area (TPSA) is 60.1 Å². The van der Waals surface area contributed by atoms with Crippen molar-refractivity contribution in [2.75, 3.05) is 38.5 Å². The molecule has 0 spiro atoms. The first kappa shape index (κ1) is 15.8. The average molecular weight is 328 g/mol. The number of anilines is 1. The molecule has 0 unspecified atom stereocenters. The second-order valence-electron chi connectivity index (χ2n) is 7.41. The standard InChI is InChI=1S/C18H28N6/c1-13-11-19-17-16(13)18(21-12-20-17)22-14-3-5-15(6-4-14)24-9-7-23(2)8-10-24/h11-12,14-15H,3-10H2,1-2H3,(H2,19,20,21,22)/t14-,15+. The number of aromatic nitrogens is 3. The predicted molar refractivity (Wildman–Crippen MR) is 97.4 cm³/mol. The van der Waals surface area contributed by atoms with E-state index in [0.29, 0.717) is 6.04 Å². The Hall–Kier alpha value is -1.66. The molecular formula is C18H28N6. The lowest BCUT2D eigenvalue weighted by Gasteiger charge is -2.41. The van der Waals surface area contributed by atoms with E-state index >= 15 is 0 Å². The van der Waals surface area contributed by atoms with Gasteiger partial charge in [-0.25, -0.2) is 9.97 Å². The Bertz CT molecular complexity index is 680. The Balaban J connectivity index is 1.37. The molecule has 0 amide bonds. The normalized spacial score (nSPS) is 26.8. The molecule has 2 aliphatic rings. The fourth-order valence-corrected chi connectivity index (χ4v) is 4.19. The van der Waals surface area contributed by atoms with Crippen LogP contribution in [0.4, 0.5) is 5.82 Å². The summed E-state index contributed by atoms with van der Waals surface area (Å²) in [5.41, 5.74) is 2.13. The molecule has 1 saturated carbocycles. The van der Waals surface area contributed by atoms with Crippen molar-refractivity contribution in [3.05, 3.63) is 18.1 Å². The zero-order chi connectivity index (χ0) is 16.5. The highest BCUT2D eigenvalue weighted by Gasteiger charge is 2.28. The molecule has 1 aliphatic carbocycles. The Kier molecular flexibility index (Phi) is 4.41. The number of fused-ring (bicyclic) bond motifs is 1. The molecular weight excluding hydrogens is 300 g/mol. The summed E-state index contributed by atoms with van der Waals surface area (Å²) in [5, 5.41) is 4.82. The molecule has 0 aromatic carbocycles. The molecule has 24 heavy (non-hydrogen) atoms. The van der Waals surface area contributed by atoms with Gasteiger partial charge < -0.3 is 15.2 Å². The van der Waals surface area contributed by atoms with Crippen molar-refractivity contribution < 1.29 is 0 Å². The second-order valence-corrected chi connectivity index (χ2v) is 7.41. The second kappa shape index (κ2) is 6.69. The molecule has 130 valence electrons. The van der Waals surface area contributed by atoms with E-state index < -0.39 is 0 Å². The molecule has 1 aliphatic heterocycles. The minimum absolute atomic E-state index is 0.529. The van der Waals surface area contributed by atoms with Gasteiger partial charge in [0.1, 0.15) is 17.8 Å². The van der Waals surface area contributed by atoms with Gasteiger partial charge in [-0.15, -0.1) is 0 Å². The van der Waals surface area contributed by atoms with Crippen molar-refractivity contribution in [3.8, 4) is 0 Å². The van der Waals surface area contributed by atoms with Gasteiger partial charge in [0.2, 0.25) is 0 Å². The molecule has 2 aromatic heterocycles. The summed E-state index contributed by atoms with van der Waals surface area (Å²) in [6.07, 6.45) is 8.70. The van der Waals surface area contributed by atoms with Crippen LogP contribution in [0.3, 0.4) is 0 Å². The van der Waals surface area contributed by atoms with Gasteiger partial charge in [0, 0.05) is 44.5 Å². The summed E-state index contributed by atoms with van der Waals surface area (Å²) in [5.74, 6) is 0.988. The Labute approximate surface area is 143 Å². The van der Waals surface area contributed by atoms with Gasteiger partial charge in [-0.3, -0.25) is 4.90 Å². The van der Waals surface area contributed by atoms with Crippen molar-refractivity contribution in [1.82, 2.24) is 24.8 Å². The number of nitrogens with zero attached hydrogens (tertiary/aromatic N) is 4. The largest absolute Gasteiger partial charge is 0.367 e. The molecule has 2 aromatic rings. The van der Waals surface area contributed by atoms with Gasteiger partial charge in [0.25, 0.3) is 0 Å². The summed E-state index contributed by atoms with van der Waals surface area (Å²) >= 11 is 0. The summed E-state index contributed by atoms with van der Waals surface area (Å²) in [4.78, 5) is 17.2. The maximum Gasteiger partial charge on any atom is 0.143 e. The van der Waals surface area contributed by atoms with E-state index in [1.165, 1.54) is 57.4 Å². The van der Waals surface area contributed by atoms with Crippen molar-refractivity contribution in [2.24, 2.45) is 0 Å². The van der Waals surface area contributed by atoms with Gasteiger partial charge >= 0.3 is 0 Å². The zero-order valence-electron chi connectivity index (χ0n) is 14.8. The summed E-state index contributed by atoms with van der Waals surface area (Å²) in [7, 11) is 2.23. The van der Waals surface area contributed by atoms with Crippen molar-refractivity contribution >= 4 is 16.9 Å². The number of hydrogen-bond donors (Lipinski definition) is 2. The molecule has 6 heteroatoms. The first-order valence-electron chi connectivity index (χ1n) is 9.18. The van der Waals surface area contributed by atoms with Gasteiger partial charge in [-0.2, -0.15) is 0 Å². The number of rotatable bonds is 3. The number of piperazine rings is 1. The average Bonchev–Trinajstić information content (AvgIpc) is 2.99. The molecule has 2 N–H and O–H groups in total. The fraction of sp³-hybridized carbons (Fsp3) is 0.667. The Morgan fingerprint density at radius 2 is 1.83 bits per heavy atom. The first-order chi connectivity index (χ1) is 11.7. The van der Waals surface area contributed by atoms with Gasteiger partial charge in [0.05, 0.1) is 5.39 Å². The minimum Gasteiger partial charge on any atom is -0.367 e. The van der Waals surface area contributed by atoms with Crippen LogP contribution >= 0.6 is 0 Å². The third kappa shape index (κ3) is 3.13. The molecule has 0 radical (unpaired) electrons. The van der Waals surface area contributed by atoms with E-state index in [9.17, 15) is 0 Å². The van der Waals surface area contributed by atoms with Crippen LogP contribution in [0.2, 0.25) is 0 Å². The number of aryl methyl sites for hydroxylation is 1. The highest BCUT2D eigenvalue weighted by atomic mass is 15.3. The predicted octanol–water partition coefficient (Wildman–Crippen LogP) is 2.24. The van der Waals surface area contributed by atoms with Crippen LogP contribution in [0.5, 0.6) is 0 Å². The smallest absolute Gasteiger partial charge is 0.143 e. The van der Waals surface area contributed by atoms with Crippen LogP contribution in [0.25, 0.3) is 11.0 Å². The first-order valence-corrected chi connectivity index (χ1v) is 9.18. The maximum atomic E-state index is 4.49. The van der Waals surface area contributed by atoms with Crippen LogP contribution in [0.1, 0.15) is 31.2 Å². The number of likely N-dealkylation sites (N-methyl/N-ethyl adjacent to an activating group) is 1. The van der Waals surface area contributed by atoms with Crippen LogP contribution in [0.15, 0.2) is 12.5 Å². The van der Waals surface area contributed by atoms with E-state index in [2.05, 4.69) is 44.0 Å². The molecule has 6 nitrogen and oxygen atoms in total. The Morgan fingerprint density at radius 3 is 2.58 bits per heavy atom. The van der Waals surface area contributed by atoms with Crippen LogP contribution < -0.4 is 5.32 Å². The number of nitrogens with one attached hydrogen (secondary N) is 2. The molecule has 0 atom stereocenters. The summed E-state index contributed by atoms with van der Waals surface area (Å²) < 4.78 is 0. The van der Waals surface area contributed by atoms with E-state index in [4.69, 9.17) is 0 Å². The molecule has 4 rings (SSSR count). The zero-order valence-corrected chi connectivity index (χ0v) is 14.8. The van der Waals surface area contributed by atoms with Crippen molar-refractivity contribution in [3.63, 3.8) is 0 Å². The maximum absolute atomic E-state index is 4.49. The number of hydrogen-bond acceptors (Lipinski definition) is 5. The van der Waals surface area contributed by atoms with Gasteiger partial charge in [0.15, 0.2) is 0 Å². The molecule has 0 bridgehead atoms. The lowest BCUT2D eigenvalue weighted by Crippen LogP contribution is -2.50. The van der Waals surface area contributed by atoms with E-state index in [0.717, 1.165) is 22.9 Å². The molecule has 1 saturated heterocycles. The van der Waals surface area contributed by atoms with E-state index in [-0.39, 0.29) is 0 Å². The summed E-state index contributed by atoms with van der Waals surface area (Å²) in [6.45, 7) is 6.99. The highest BCUT2D eigenvalue weighted by Crippen LogP contribution is 2.28. The van der Waals surface area contributed by atoms with Gasteiger partial charge in [-0.1, -0.05) is 0 Å². The summed E-state index contributed by atoms with van der Waals surface area (Å²) in [6, 6.07) is 1.30. The fourth-order valence-electron chi connectivity index (χ4n) is 4.19. The third-order valence-electron chi connectivity index (χ3n) is 5.76.